The molecular formula is C22H25N3O3S. The van der Waals surface area contributed by atoms with Gasteiger partial charge in [0.15, 0.2) is 0 Å². The molecule has 1 aliphatic carbocycles. The fourth-order valence-corrected chi connectivity index (χ4v) is 5.09. The van der Waals surface area contributed by atoms with Crippen LogP contribution in [0.1, 0.15) is 35.4 Å². The summed E-state index contributed by atoms with van der Waals surface area (Å²) in [6, 6.07) is 11.4. The van der Waals surface area contributed by atoms with Crippen molar-refractivity contribution in [3.05, 3.63) is 71.3 Å². The first-order valence-corrected chi connectivity index (χ1v) is 11.3. The molecule has 0 radical (unpaired) electrons. The molecule has 0 unspecified atom stereocenters. The van der Waals surface area contributed by atoms with E-state index in [1.54, 1.807) is 12.3 Å². The molecule has 1 aromatic heterocycles. The lowest BCUT2D eigenvalue weighted by Gasteiger charge is -2.20. The highest BCUT2D eigenvalue weighted by Gasteiger charge is 2.23. The second-order valence-corrected chi connectivity index (χ2v) is 9.01. The van der Waals surface area contributed by atoms with Crippen molar-refractivity contribution < 1.29 is 13.2 Å². The molecule has 0 saturated carbocycles. The number of para-hydroxylation sites is 1. The van der Waals surface area contributed by atoms with Gasteiger partial charge in [-0.2, -0.15) is 0 Å². The maximum Gasteiger partial charge on any atom is 0.244 e. The van der Waals surface area contributed by atoms with Crippen molar-refractivity contribution >= 4 is 10.0 Å². The van der Waals surface area contributed by atoms with Gasteiger partial charge in [0.25, 0.3) is 0 Å². The van der Waals surface area contributed by atoms with Crippen molar-refractivity contribution in [2.24, 2.45) is 0 Å². The third-order valence-corrected chi connectivity index (χ3v) is 6.87. The zero-order chi connectivity index (χ0) is 20.4. The Labute approximate surface area is 171 Å². The lowest BCUT2D eigenvalue weighted by atomic mass is 9.92. The predicted molar refractivity (Wildman–Crippen MR) is 112 cm³/mol. The van der Waals surface area contributed by atoms with Gasteiger partial charge in [-0.25, -0.2) is 18.1 Å². The highest BCUT2D eigenvalue weighted by molar-refractivity contribution is 7.89. The van der Waals surface area contributed by atoms with Crippen LogP contribution in [0.25, 0.3) is 5.69 Å². The van der Waals surface area contributed by atoms with E-state index in [0.717, 1.165) is 48.3 Å². The van der Waals surface area contributed by atoms with Gasteiger partial charge >= 0.3 is 0 Å². The van der Waals surface area contributed by atoms with Crippen LogP contribution in [0.4, 0.5) is 0 Å². The molecule has 0 saturated heterocycles. The minimum Gasteiger partial charge on any atom is -0.495 e. The van der Waals surface area contributed by atoms with Crippen LogP contribution in [0.2, 0.25) is 0 Å². The van der Waals surface area contributed by atoms with Gasteiger partial charge in [0.05, 0.1) is 12.8 Å². The number of hydrogen-bond donors (Lipinski definition) is 1. The van der Waals surface area contributed by atoms with Crippen LogP contribution in [0.5, 0.6) is 5.75 Å². The van der Waals surface area contributed by atoms with Crippen molar-refractivity contribution in [3.63, 3.8) is 0 Å². The minimum absolute atomic E-state index is 0.177. The van der Waals surface area contributed by atoms with Gasteiger partial charge in [-0.1, -0.05) is 18.2 Å². The number of benzene rings is 2. The molecule has 4 rings (SSSR count). The third-order valence-electron chi connectivity index (χ3n) is 5.45. The summed E-state index contributed by atoms with van der Waals surface area (Å²) in [5.41, 5.74) is 4.07. The highest BCUT2D eigenvalue weighted by atomic mass is 32.2. The van der Waals surface area contributed by atoms with E-state index in [4.69, 9.17) is 4.74 Å². The number of aromatic nitrogens is 2. The number of hydrogen-bond acceptors (Lipinski definition) is 4. The Morgan fingerprint density at radius 2 is 1.86 bits per heavy atom. The van der Waals surface area contributed by atoms with E-state index in [1.165, 1.54) is 12.7 Å². The summed E-state index contributed by atoms with van der Waals surface area (Å²) >= 11 is 0. The molecule has 1 aliphatic rings. The van der Waals surface area contributed by atoms with Crippen molar-refractivity contribution in [1.29, 1.82) is 0 Å². The Morgan fingerprint density at radius 1 is 1.14 bits per heavy atom. The Kier molecular flexibility index (Phi) is 5.43. The van der Waals surface area contributed by atoms with E-state index in [0.29, 0.717) is 5.75 Å². The van der Waals surface area contributed by atoms with Gasteiger partial charge in [0.1, 0.15) is 16.5 Å². The maximum absolute atomic E-state index is 13.1. The largest absolute Gasteiger partial charge is 0.495 e. The topological polar surface area (TPSA) is 73.2 Å². The molecule has 29 heavy (non-hydrogen) atoms. The Hall–Kier alpha value is -2.64. The van der Waals surface area contributed by atoms with Crippen molar-refractivity contribution in [2.45, 2.75) is 44.0 Å². The van der Waals surface area contributed by atoms with Crippen LogP contribution in [0, 0.1) is 6.92 Å². The van der Waals surface area contributed by atoms with E-state index in [2.05, 4.69) is 9.71 Å². The smallest absolute Gasteiger partial charge is 0.244 e. The van der Waals surface area contributed by atoms with Gasteiger partial charge < -0.3 is 9.30 Å². The average Bonchev–Trinajstić information content (AvgIpc) is 3.17. The van der Waals surface area contributed by atoms with Crippen molar-refractivity contribution in [1.82, 2.24) is 14.3 Å². The SMILES string of the molecule is COc1cc2c(cc1S(=O)(=O)NCc1ccccc1-n1ccnc1C)CCCC2. The Morgan fingerprint density at radius 3 is 2.55 bits per heavy atom. The quantitative estimate of drug-likeness (QED) is 0.673. The molecule has 6 nitrogen and oxygen atoms in total. The summed E-state index contributed by atoms with van der Waals surface area (Å²) < 4.78 is 36.4. The van der Waals surface area contributed by atoms with Gasteiger partial charge in [-0.15, -0.1) is 0 Å². The van der Waals surface area contributed by atoms with E-state index >= 15 is 0 Å². The first-order valence-electron chi connectivity index (χ1n) is 9.77. The number of ether oxygens (including phenoxy) is 1. The zero-order valence-electron chi connectivity index (χ0n) is 16.7. The number of nitrogens with zero attached hydrogens (tertiary/aromatic N) is 2. The molecule has 3 aromatic rings. The number of methoxy groups -OCH3 is 1. The molecule has 0 fully saturated rings. The Balaban J connectivity index is 1.64. The third kappa shape index (κ3) is 3.93. The predicted octanol–water partition coefficient (Wildman–Crippen LogP) is 3.55. The second kappa shape index (κ2) is 8.00. The second-order valence-electron chi connectivity index (χ2n) is 7.28. The molecule has 0 amide bonds. The van der Waals surface area contributed by atoms with Crippen LogP contribution >= 0.6 is 0 Å². The van der Waals surface area contributed by atoms with Crippen molar-refractivity contribution in [3.8, 4) is 11.4 Å². The fraction of sp³-hybridized carbons (Fsp3) is 0.318. The standard InChI is InChI=1S/C22H25N3O3S/c1-16-23-11-12-25(16)20-10-6-5-9-19(20)15-24-29(26,27)22-14-18-8-4-3-7-17(18)13-21(22)28-2/h5-6,9-14,24H,3-4,7-8,15H2,1-2H3. The summed E-state index contributed by atoms with van der Waals surface area (Å²) in [6.45, 7) is 2.09. The summed E-state index contributed by atoms with van der Waals surface area (Å²) in [5.74, 6) is 1.24. The van der Waals surface area contributed by atoms with Gasteiger partial charge in [0, 0.05) is 18.9 Å². The molecule has 0 atom stereocenters. The van der Waals surface area contributed by atoms with Gasteiger partial charge in [0.2, 0.25) is 10.0 Å². The first kappa shape index (κ1) is 19.7. The summed E-state index contributed by atoms with van der Waals surface area (Å²) in [7, 11) is -2.22. The number of fused-ring (bicyclic) bond motifs is 1. The fourth-order valence-electron chi connectivity index (χ4n) is 3.89. The molecule has 1 N–H and O–H groups in total. The summed E-state index contributed by atoms with van der Waals surface area (Å²) in [4.78, 5) is 4.47. The average molecular weight is 412 g/mol. The molecule has 1 heterocycles. The van der Waals surface area contributed by atoms with Crippen LogP contribution in [0.3, 0.4) is 0 Å². The molecule has 0 aliphatic heterocycles. The Bertz CT molecular complexity index is 1140. The van der Waals surface area contributed by atoms with Crippen LogP contribution in [-0.4, -0.2) is 25.1 Å². The number of aryl methyl sites for hydroxylation is 3. The maximum atomic E-state index is 13.1. The molecule has 152 valence electrons. The van der Waals surface area contributed by atoms with E-state index in [9.17, 15) is 8.42 Å². The van der Waals surface area contributed by atoms with Gasteiger partial charge in [-0.3, -0.25) is 0 Å². The number of rotatable bonds is 6. The van der Waals surface area contributed by atoms with Crippen LogP contribution < -0.4 is 9.46 Å². The van der Waals surface area contributed by atoms with E-state index < -0.39 is 10.0 Å². The highest BCUT2D eigenvalue weighted by Crippen LogP contribution is 2.32. The molecular weight excluding hydrogens is 386 g/mol. The molecule has 0 spiro atoms. The normalized spacial score (nSPS) is 13.9. The van der Waals surface area contributed by atoms with E-state index in [-0.39, 0.29) is 11.4 Å². The molecule has 0 bridgehead atoms. The van der Waals surface area contributed by atoms with Gasteiger partial charge in [-0.05, 0) is 67.5 Å². The lowest BCUT2D eigenvalue weighted by Crippen LogP contribution is -2.25. The molecule has 7 heteroatoms. The first-order chi connectivity index (χ1) is 14.0. The minimum atomic E-state index is -3.73. The van der Waals surface area contributed by atoms with Crippen molar-refractivity contribution in [2.75, 3.05) is 7.11 Å². The number of imidazole rings is 1. The number of nitrogens with one attached hydrogen (secondary N) is 1. The van der Waals surface area contributed by atoms with Crippen LogP contribution in [0.15, 0.2) is 53.7 Å². The lowest BCUT2D eigenvalue weighted by molar-refractivity contribution is 0.401. The van der Waals surface area contributed by atoms with Crippen LogP contribution in [-0.2, 0) is 29.4 Å². The molecule has 2 aromatic carbocycles. The van der Waals surface area contributed by atoms with E-state index in [1.807, 2.05) is 48.0 Å². The monoisotopic (exact) mass is 411 g/mol. The number of sulfonamides is 1. The summed E-state index contributed by atoms with van der Waals surface area (Å²) in [5, 5.41) is 0. The summed E-state index contributed by atoms with van der Waals surface area (Å²) in [6.07, 6.45) is 7.69. The zero-order valence-corrected chi connectivity index (χ0v) is 17.5.